The topological polar surface area (TPSA) is 58.6 Å². The van der Waals surface area contributed by atoms with Crippen LogP contribution < -0.4 is 10.1 Å². The molecule has 4 nitrogen and oxygen atoms in total. The number of ether oxygens (including phenoxy) is 1. The van der Waals surface area contributed by atoms with Crippen LogP contribution in [-0.2, 0) is 0 Å². The molecule has 16 heavy (non-hydrogen) atoms. The van der Waals surface area contributed by atoms with E-state index in [0.29, 0.717) is 16.3 Å². The average Bonchev–Trinajstić information content (AvgIpc) is 2.28. The maximum Gasteiger partial charge on any atom is 0.255 e. The molecule has 0 fully saturated rings. The zero-order chi connectivity index (χ0) is 12.1. The number of aliphatic hydroxyl groups excluding tert-OH is 1. The van der Waals surface area contributed by atoms with Crippen molar-refractivity contribution in [1.82, 2.24) is 5.32 Å². The summed E-state index contributed by atoms with van der Waals surface area (Å²) in [7, 11) is 1.48. The lowest BCUT2D eigenvalue weighted by Gasteiger charge is -2.13. The quantitative estimate of drug-likeness (QED) is 0.842. The van der Waals surface area contributed by atoms with Crippen molar-refractivity contribution in [3.8, 4) is 5.75 Å². The van der Waals surface area contributed by atoms with Crippen LogP contribution in [0.4, 0.5) is 0 Å². The first kappa shape index (κ1) is 12.8. The molecule has 0 aliphatic carbocycles. The smallest absolute Gasteiger partial charge is 0.255 e. The van der Waals surface area contributed by atoms with Gasteiger partial charge in [-0.05, 0) is 25.1 Å². The van der Waals surface area contributed by atoms with Crippen LogP contribution in [0.2, 0.25) is 5.02 Å². The van der Waals surface area contributed by atoms with Crippen molar-refractivity contribution in [1.29, 1.82) is 0 Å². The normalized spacial score (nSPS) is 12.0. The highest BCUT2D eigenvalue weighted by Crippen LogP contribution is 2.22. The summed E-state index contributed by atoms with van der Waals surface area (Å²) in [5, 5.41) is 11.9. The van der Waals surface area contributed by atoms with Crippen molar-refractivity contribution >= 4 is 17.5 Å². The van der Waals surface area contributed by atoms with Crippen molar-refractivity contribution in [2.45, 2.75) is 13.0 Å². The van der Waals surface area contributed by atoms with Crippen molar-refractivity contribution in [3.05, 3.63) is 28.8 Å². The second-order valence-corrected chi connectivity index (χ2v) is 3.84. The fourth-order valence-electron chi connectivity index (χ4n) is 1.20. The number of amides is 1. The van der Waals surface area contributed by atoms with E-state index >= 15 is 0 Å². The average molecular weight is 244 g/mol. The first-order valence-electron chi connectivity index (χ1n) is 4.83. The van der Waals surface area contributed by atoms with Crippen molar-refractivity contribution in [2.75, 3.05) is 13.7 Å². The zero-order valence-electron chi connectivity index (χ0n) is 9.16. The molecule has 0 bridgehead atoms. The van der Waals surface area contributed by atoms with E-state index in [9.17, 15) is 4.79 Å². The third kappa shape index (κ3) is 3.12. The van der Waals surface area contributed by atoms with Gasteiger partial charge in [0.2, 0.25) is 0 Å². The number of carbonyl (C=O) groups is 1. The van der Waals surface area contributed by atoms with Crippen LogP contribution in [0.5, 0.6) is 5.75 Å². The van der Waals surface area contributed by atoms with E-state index < -0.39 is 0 Å². The molecule has 0 heterocycles. The summed E-state index contributed by atoms with van der Waals surface area (Å²) < 4.78 is 5.05. The van der Waals surface area contributed by atoms with Gasteiger partial charge in [-0.3, -0.25) is 4.79 Å². The number of rotatable bonds is 4. The Bertz CT molecular complexity index is 381. The maximum atomic E-state index is 11.8. The SMILES string of the molecule is COc1ccc(Cl)cc1C(=O)NC(C)CO. The standard InChI is InChI=1S/C11H14ClNO3/c1-7(6-14)13-11(15)9-5-8(12)3-4-10(9)16-2/h3-5,7,14H,6H2,1-2H3,(H,13,15). The van der Waals surface area contributed by atoms with Crippen LogP contribution in [0, 0.1) is 0 Å². The fourth-order valence-corrected chi connectivity index (χ4v) is 1.38. The zero-order valence-corrected chi connectivity index (χ0v) is 9.91. The van der Waals surface area contributed by atoms with Gasteiger partial charge < -0.3 is 15.2 Å². The molecule has 1 unspecified atom stereocenters. The molecule has 0 spiro atoms. The molecule has 0 aliphatic heterocycles. The van der Waals surface area contributed by atoms with Gasteiger partial charge in [0, 0.05) is 11.1 Å². The van der Waals surface area contributed by atoms with Gasteiger partial charge >= 0.3 is 0 Å². The largest absolute Gasteiger partial charge is 0.496 e. The predicted molar refractivity (Wildman–Crippen MR) is 62.0 cm³/mol. The number of hydrogen-bond acceptors (Lipinski definition) is 3. The first-order chi connectivity index (χ1) is 7.58. The molecule has 1 atom stereocenters. The molecule has 1 rings (SSSR count). The summed E-state index contributed by atoms with van der Waals surface area (Å²) in [6.45, 7) is 1.59. The van der Waals surface area contributed by atoms with E-state index in [1.54, 1.807) is 19.1 Å². The van der Waals surface area contributed by atoms with Crippen LogP contribution in [-0.4, -0.2) is 30.8 Å². The molecule has 88 valence electrons. The molecule has 2 N–H and O–H groups in total. The summed E-state index contributed by atoms with van der Waals surface area (Å²) in [6, 6.07) is 4.49. The van der Waals surface area contributed by atoms with E-state index in [4.69, 9.17) is 21.4 Å². The molecule has 1 aromatic carbocycles. The van der Waals surface area contributed by atoms with Crippen LogP contribution in [0.3, 0.4) is 0 Å². The Morgan fingerprint density at radius 3 is 2.88 bits per heavy atom. The number of methoxy groups -OCH3 is 1. The lowest BCUT2D eigenvalue weighted by Crippen LogP contribution is -2.35. The van der Waals surface area contributed by atoms with E-state index in [1.807, 2.05) is 0 Å². The minimum atomic E-state index is -0.319. The minimum Gasteiger partial charge on any atom is -0.496 e. The highest BCUT2D eigenvalue weighted by Gasteiger charge is 2.14. The number of benzene rings is 1. The second-order valence-electron chi connectivity index (χ2n) is 3.40. The Balaban J connectivity index is 2.93. The highest BCUT2D eigenvalue weighted by atomic mass is 35.5. The molecule has 0 aliphatic rings. The Morgan fingerprint density at radius 1 is 1.62 bits per heavy atom. The van der Waals surface area contributed by atoms with Gasteiger partial charge in [-0.15, -0.1) is 0 Å². The Morgan fingerprint density at radius 2 is 2.31 bits per heavy atom. The van der Waals surface area contributed by atoms with Crippen LogP contribution in [0.15, 0.2) is 18.2 Å². The molecule has 5 heteroatoms. The molecule has 0 saturated heterocycles. The number of hydrogen-bond donors (Lipinski definition) is 2. The predicted octanol–water partition coefficient (Wildman–Crippen LogP) is 1.46. The van der Waals surface area contributed by atoms with Crippen LogP contribution in [0.25, 0.3) is 0 Å². The van der Waals surface area contributed by atoms with Gasteiger partial charge in [-0.25, -0.2) is 0 Å². The molecular weight excluding hydrogens is 230 g/mol. The third-order valence-corrected chi connectivity index (χ3v) is 2.29. The number of aliphatic hydroxyl groups is 1. The monoisotopic (exact) mass is 243 g/mol. The van der Waals surface area contributed by atoms with Gasteiger partial charge in [0.05, 0.1) is 19.3 Å². The summed E-state index contributed by atoms with van der Waals surface area (Å²) in [5.41, 5.74) is 0.357. The minimum absolute atomic E-state index is 0.116. The van der Waals surface area contributed by atoms with Crippen molar-refractivity contribution in [3.63, 3.8) is 0 Å². The van der Waals surface area contributed by atoms with E-state index in [2.05, 4.69) is 5.32 Å². The molecule has 1 amide bonds. The van der Waals surface area contributed by atoms with E-state index in [1.165, 1.54) is 13.2 Å². The first-order valence-corrected chi connectivity index (χ1v) is 5.21. The number of nitrogens with one attached hydrogen (secondary N) is 1. The molecule has 0 aromatic heterocycles. The van der Waals surface area contributed by atoms with E-state index in [-0.39, 0.29) is 18.6 Å². The molecule has 0 radical (unpaired) electrons. The van der Waals surface area contributed by atoms with Gasteiger partial charge in [0.15, 0.2) is 0 Å². The van der Waals surface area contributed by atoms with E-state index in [0.717, 1.165) is 0 Å². The number of carbonyl (C=O) groups excluding carboxylic acids is 1. The van der Waals surface area contributed by atoms with Crippen molar-refractivity contribution < 1.29 is 14.6 Å². The Kier molecular flexibility index (Phi) is 4.58. The molecule has 1 aromatic rings. The molecular formula is C11H14ClNO3. The maximum absolute atomic E-state index is 11.8. The fraction of sp³-hybridized carbons (Fsp3) is 0.364. The lowest BCUT2D eigenvalue weighted by atomic mass is 10.1. The van der Waals surface area contributed by atoms with Crippen LogP contribution in [0.1, 0.15) is 17.3 Å². The highest BCUT2D eigenvalue weighted by molar-refractivity contribution is 6.31. The summed E-state index contributed by atoms with van der Waals surface area (Å²) in [4.78, 5) is 11.8. The van der Waals surface area contributed by atoms with Crippen LogP contribution >= 0.6 is 11.6 Å². The summed E-state index contributed by atoms with van der Waals surface area (Å²) >= 11 is 5.80. The lowest BCUT2D eigenvalue weighted by molar-refractivity contribution is 0.0919. The molecule has 0 saturated carbocycles. The number of halogens is 1. The second kappa shape index (κ2) is 5.72. The summed E-state index contributed by atoms with van der Waals surface area (Å²) in [5.74, 6) is 0.132. The van der Waals surface area contributed by atoms with Crippen molar-refractivity contribution in [2.24, 2.45) is 0 Å². The Labute approximate surface area is 99.2 Å². The summed E-state index contributed by atoms with van der Waals surface area (Å²) in [6.07, 6.45) is 0. The third-order valence-electron chi connectivity index (χ3n) is 2.06. The Hall–Kier alpha value is -1.26. The van der Waals surface area contributed by atoms with Gasteiger partial charge in [0.25, 0.3) is 5.91 Å². The van der Waals surface area contributed by atoms with Gasteiger partial charge in [-0.2, -0.15) is 0 Å². The van der Waals surface area contributed by atoms with Gasteiger partial charge in [-0.1, -0.05) is 11.6 Å². The van der Waals surface area contributed by atoms with Gasteiger partial charge in [0.1, 0.15) is 5.75 Å².